The monoisotopic (exact) mass is 818 g/mol. The molecule has 0 heterocycles. The molecule has 14 nitrogen and oxygen atoms in total. The van der Waals surface area contributed by atoms with Gasteiger partial charge in [0, 0.05) is 39.3 Å². The summed E-state index contributed by atoms with van der Waals surface area (Å²) < 4.78 is 55.2. The Labute approximate surface area is 346 Å². The Kier molecular flexibility index (Phi) is 25.4. The molecule has 0 radical (unpaired) electrons. The summed E-state index contributed by atoms with van der Waals surface area (Å²) in [5.41, 5.74) is 3.98. The lowest BCUT2D eigenvalue weighted by molar-refractivity contribution is -0.155. The fraction of sp³-hybridized carbons (Fsp3) is 0.682. The zero-order chi connectivity index (χ0) is 41.7. The van der Waals surface area contributed by atoms with Gasteiger partial charge in [0.05, 0.1) is 98.9 Å². The van der Waals surface area contributed by atoms with Crippen molar-refractivity contribution in [2.24, 2.45) is 0 Å². The van der Waals surface area contributed by atoms with Crippen molar-refractivity contribution < 1.29 is 57.0 Å². The van der Waals surface area contributed by atoms with Crippen molar-refractivity contribution in [2.75, 3.05) is 133 Å². The molecule has 58 heavy (non-hydrogen) atoms. The summed E-state index contributed by atoms with van der Waals surface area (Å²) in [6, 6.07) is 16.0. The molecule has 2 aromatic rings. The van der Waals surface area contributed by atoms with Crippen molar-refractivity contribution in [1.82, 2.24) is 10.2 Å². The smallest absolute Gasteiger partial charge is 0.407 e. The second kappa shape index (κ2) is 29.9. The average molecular weight is 819 g/mol. The molecule has 0 saturated carbocycles. The molecular formula is C44H70N2O12. The lowest BCUT2D eigenvalue weighted by atomic mass is 9.98. The second-order valence-electron chi connectivity index (χ2n) is 15.0. The Balaban J connectivity index is 1.46. The molecule has 0 saturated heterocycles. The Morgan fingerprint density at radius 2 is 1.07 bits per heavy atom. The number of ether oxygens (including phenoxy) is 10. The van der Waals surface area contributed by atoms with E-state index in [9.17, 15) is 9.59 Å². The van der Waals surface area contributed by atoms with Gasteiger partial charge in [0.1, 0.15) is 12.2 Å². The molecule has 0 spiro atoms. The zero-order valence-corrected chi connectivity index (χ0v) is 35.7. The number of unbranched alkanes of at least 4 members (excludes halogenated alkanes) is 1. The Morgan fingerprint density at radius 1 is 0.621 bits per heavy atom. The first-order chi connectivity index (χ1) is 28.2. The molecule has 0 unspecified atom stereocenters. The van der Waals surface area contributed by atoms with Crippen LogP contribution in [0.25, 0.3) is 11.1 Å². The fourth-order valence-electron chi connectivity index (χ4n) is 6.43. The van der Waals surface area contributed by atoms with Gasteiger partial charge in [-0.25, -0.2) is 4.79 Å². The molecule has 0 bridgehead atoms. The van der Waals surface area contributed by atoms with Gasteiger partial charge >= 0.3 is 12.1 Å². The second-order valence-corrected chi connectivity index (χ2v) is 15.0. The highest BCUT2D eigenvalue weighted by atomic mass is 16.6. The van der Waals surface area contributed by atoms with Crippen LogP contribution in [0.4, 0.5) is 4.79 Å². The number of alkyl carbamates (subject to hydrolysis) is 1. The third-order valence-electron chi connectivity index (χ3n) is 9.23. The van der Waals surface area contributed by atoms with E-state index in [0.717, 1.165) is 54.7 Å². The van der Waals surface area contributed by atoms with Crippen LogP contribution >= 0.6 is 0 Å². The van der Waals surface area contributed by atoms with E-state index < -0.39 is 17.7 Å². The predicted molar refractivity (Wildman–Crippen MR) is 221 cm³/mol. The fourth-order valence-corrected chi connectivity index (χ4v) is 6.43. The number of methoxy groups -OCH3 is 2. The summed E-state index contributed by atoms with van der Waals surface area (Å²) in [6.07, 6.45) is 1.71. The number of carbonyl (C=O) groups excluding carboxylic acids is 2. The van der Waals surface area contributed by atoms with Crippen LogP contribution in [-0.4, -0.2) is 162 Å². The molecule has 1 amide bonds. The number of nitrogens with one attached hydrogen (secondary N) is 1. The van der Waals surface area contributed by atoms with Gasteiger partial charge in [-0.15, -0.1) is 0 Å². The molecule has 1 N–H and O–H groups in total. The first-order valence-electron chi connectivity index (χ1n) is 20.7. The van der Waals surface area contributed by atoms with E-state index in [4.69, 9.17) is 47.4 Å². The highest BCUT2D eigenvalue weighted by molar-refractivity contribution is 5.79. The molecule has 1 aliphatic rings. The lowest BCUT2D eigenvalue weighted by Crippen LogP contribution is -2.39. The number of rotatable bonds is 34. The maximum Gasteiger partial charge on any atom is 0.407 e. The maximum absolute atomic E-state index is 13.2. The number of esters is 1. The van der Waals surface area contributed by atoms with Crippen LogP contribution in [0.15, 0.2) is 48.5 Å². The van der Waals surface area contributed by atoms with Crippen molar-refractivity contribution in [3.63, 3.8) is 0 Å². The van der Waals surface area contributed by atoms with E-state index in [-0.39, 0.29) is 24.9 Å². The van der Waals surface area contributed by atoms with Gasteiger partial charge in [0.25, 0.3) is 0 Å². The van der Waals surface area contributed by atoms with E-state index in [1.165, 1.54) is 0 Å². The number of benzene rings is 2. The highest BCUT2D eigenvalue weighted by Crippen LogP contribution is 2.44. The minimum atomic E-state index is -0.634. The van der Waals surface area contributed by atoms with Gasteiger partial charge in [-0.3, -0.25) is 9.69 Å². The standard InChI is InChI=1S/C44H70N2O12/c1-44(2,3)58-42(47)34-36(45-43(48)57-35-41-39-15-8-6-13-37(39)38-14-7-9-16-40(38)41)12-10-11-17-46(18-20-51-26-28-55-32-30-53-24-22-49-4)19-21-52-27-29-56-33-31-54-25-23-50-5/h6-9,13-16,36,41H,10-12,17-35H2,1-5H3,(H,45,48)/t36-/m0/s1. The number of fused-ring (bicyclic) bond motifs is 3. The summed E-state index contributed by atoms with van der Waals surface area (Å²) in [5.74, 6) is -0.421. The highest BCUT2D eigenvalue weighted by Gasteiger charge is 2.29. The Morgan fingerprint density at radius 3 is 1.53 bits per heavy atom. The largest absolute Gasteiger partial charge is 0.460 e. The quantitative estimate of drug-likeness (QED) is 0.0704. The van der Waals surface area contributed by atoms with Crippen LogP contribution in [0, 0.1) is 0 Å². The van der Waals surface area contributed by atoms with Crippen LogP contribution in [0.5, 0.6) is 0 Å². The summed E-state index contributed by atoms with van der Waals surface area (Å²) in [5, 5.41) is 2.98. The molecule has 0 aromatic heterocycles. The molecule has 0 fully saturated rings. The summed E-state index contributed by atoms with van der Waals surface area (Å²) in [7, 11) is 3.29. The van der Waals surface area contributed by atoms with Gasteiger partial charge in [-0.05, 0) is 62.4 Å². The molecule has 1 aliphatic carbocycles. The zero-order valence-electron chi connectivity index (χ0n) is 35.7. The molecule has 2 aromatic carbocycles. The molecule has 14 heteroatoms. The molecule has 0 aliphatic heterocycles. The van der Waals surface area contributed by atoms with E-state index in [0.29, 0.717) is 98.9 Å². The number of hydrogen-bond donors (Lipinski definition) is 1. The number of carbonyl (C=O) groups is 2. The minimum absolute atomic E-state index is 0.0512. The molecule has 3 rings (SSSR count). The van der Waals surface area contributed by atoms with Crippen molar-refractivity contribution in [1.29, 1.82) is 0 Å². The SMILES string of the molecule is COCCOCCOCCOCCN(CCCC[C@@H](CC(=O)OC(C)(C)C)NC(=O)OCC1c2ccccc2-c2ccccc21)CCOCCOCCOCCOC. The van der Waals surface area contributed by atoms with Crippen molar-refractivity contribution in [3.8, 4) is 11.1 Å². The summed E-state index contributed by atoms with van der Waals surface area (Å²) >= 11 is 0. The van der Waals surface area contributed by atoms with Gasteiger partial charge in [-0.1, -0.05) is 55.0 Å². The Hall–Kier alpha value is -3.18. The van der Waals surface area contributed by atoms with E-state index in [2.05, 4.69) is 34.5 Å². The van der Waals surface area contributed by atoms with Crippen LogP contribution in [0.2, 0.25) is 0 Å². The third-order valence-corrected chi connectivity index (χ3v) is 9.23. The first-order valence-corrected chi connectivity index (χ1v) is 20.7. The van der Waals surface area contributed by atoms with E-state index >= 15 is 0 Å². The maximum atomic E-state index is 13.2. The normalized spacial score (nSPS) is 13.1. The Bertz CT molecular complexity index is 1320. The first kappa shape index (κ1) is 49.2. The van der Waals surface area contributed by atoms with Crippen LogP contribution in [-0.2, 0) is 52.2 Å². The third kappa shape index (κ3) is 21.2. The van der Waals surface area contributed by atoms with Gasteiger partial charge < -0.3 is 52.7 Å². The van der Waals surface area contributed by atoms with Gasteiger partial charge in [0.15, 0.2) is 0 Å². The van der Waals surface area contributed by atoms with Crippen molar-refractivity contribution >= 4 is 12.1 Å². The predicted octanol–water partition coefficient (Wildman–Crippen LogP) is 5.49. The van der Waals surface area contributed by atoms with E-state index in [1.807, 2.05) is 45.0 Å². The van der Waals surface area contributed by atoms with Gasteiger partial charge in [-0.2, -0.15) is 0 Å². The van der Waals surface area contributed by atoms with E-state index in [1.54, 1.807) is 14.2 Å². The molecule has 328 valence electrons. The topological polar surface area (TPSA) is 142 Å². The van der Waals surface area contributed by atoms with Crippen molar-refractivity contribution in [3.05, 3.63) is 59.7 Å². The molecule has 1 atom stereocenters. The van der Waals surface area contributed by atoms with Crippen LogP contribution in [0.1, 0.15) is 63.5 Å². The number of nitrogens with zero attached hydrogens (tertiary/aromatic N) is 1. The van der Waals surface area contributed by atoms with Crippen molar-refractivity contribution in [2.45, 2.75) is 64.0 Å². The molecular weight excluding hydrogens is 748 g/mol. The number of hydrogen-bond acceptors (Lipinski definition) is 13. The summed E-state index contributed by atoms with van der Waals surface area (Å²) in [4.78, 5) is 28.5. The number of amides is 1. The average Bonchev–Trinajstić information content (AvgIpc) is 3.52. The van der Waals surface area contributed by atoms with Crippen LogP contribution < -0.4 is 5.32 Å². The summed E-state index contributed by atoms with van der Waals surface area (Å²) in [6.45, 7) is 15.3. The minimum Gasteiger partial charge on any atom is -0.460 e. The van der Waals surface area contributed by atoms with Gasteiger partial charge in [0.2, 0.25) is 0 Å². The van der Waals surface area contributed by atoms with Crippen LogP contribution in [0.3, 0.4) is 0 Å². The lowest BCUT2D eigenvalue weighted by Gasteiger charge is -2.24.